The van der Waals surface area contributed by atoms with E-state index in [1.54, 1.807) is 0 Å². The quantitative estimate of drug-likeness (QED) is 0.423. The number of rotatable bonds is 12. The first-order chi connectivity index (χ1) is 8.06. The minimum absolute atomic E-state index is 0. The van der Waals surface area contributed by atoms with Crippen LogP contribution in [0.5, 0.6) is 0 Å². The van der Waals surface area contributed by atoms with E-state index in [0.717, 1.165) is 12.8 Å². The Kier molecular flexibility index (Phi) is 15.4. The molecule has 0 unspecified atom stereocenters. The Morgan fingerprint density at radius 2 is 1.06 bits per heavy atom. The molecule has 0 aliphatic rings. The van der Waals surface area contributed by atoms with Crippen LogP contribution in [0, 0.1) is 0 Å². The highest BCUT2D eigenvalue weighted by Gasteiger charge is 2.10. The lowest BCUT2D eigenvalue weighted by Gasteiger charge is -2.04. The summed E-state index contributed by atoms with van der Waals surface area (Å²) < 4.78 is 10.6. The minimum atomic E-state index is -3.74. The van der Waals surface area contributed by atoms with Gasteiger partial charge in [-0.15, -0.1) is 0 Å². The summed E-state index contributed by atoms with van der Waals surface area (Å²) in [4.78, 5) is 17.3. The van der Waals surface area contributed by atoms with Crippen molar-refractivity contribution < 1.29 is 19.8 Å². The topological polar surface area (TPSA) is 89.0 Å². The molecule has 0 bridgehead atoms. The minimum Gasteiger partial charge on any atom is -0.412 e. The zero-order valence-corrected chi connectivity index (χ0v) is 12.6. The summed E-state index contributed by atoms with van der Waals surface area (Å²) >= 11 is 0. The van der Waals surface area contributed by atoms with Crippen molar-refractivity contribution in [2.45, 2.75) is 77.6 Å². The van der Waals surface area contributed by atoms with Crippen LogP contribution in [-0.4, -0.2) is 21.4 Å². The molecule has 0 saturated carbocycles. The van der Waals surface area contributed by atoms with Gasteiger partial charge in [0.25, 0.3) is 0 Å². The third-order valence-electron chi connectivity index (χ3n) is 3.05. The van der Waals surface area contributed by atoms with E-state index in [1.807, 2.05) is 0 Å². The van der Waals surface area contributed by atoms with E-state index in [2.05, 4.69) is 6.92 Å². The van der Waals surface area contributed by atoms with Crippen molar-refractivity contribution in [2.75, 3.05) is 6.16 Å². The molecule has 0 aliphatic carbocycles. The molecule has 0 saturated heterocycles. The van der Waals surface area contributed by atoms with Crippen LogP contribution in [0.25, 0.3) is 0 Å². The number of hydrogen-bond acceptors (Lipinski definition) is 1. The predicted molar refractivity (Wildman–Crippen MR) is 77.0 cm³/mol. The SMILES string of the molecule is CCCCCCCCCCCCCP(=O)(O)O.O. The average Bonchev–Trinajstić information content (AvgIpc) is 2.24. The Morgan fingerprint density at radius 3 is 1.39 bits per heavy atom. The van der Waals surface area contributed by atoms with Crippen LogP contribution in [0.4, 0.5) is 0 Å². The van der Waals surface area contributed by atoms with Gasteiger partial charge in [0.1, 0.15) is 0 Å². The summed E-state index contributed by atoms with van der Waals surface area (Å²) in [6, 6.07) is 0. The molecule has 18 heavy (non-hydrogen) atoms. The summed E-state index contributed by atoms with van der Waals surface area (Å²) in [5.41, 5.74) is 0. The van der Waals surface area contributed by atoms with Crippen LogP contribution in [0.15, 0.2) is 0 Å². The van der Waals surface area contributed by atoms with Gasteiger partial charge < -0.3 is 15.3 Å². The molecule has 4 N–H and O–H groups in total. The highest BCUT2D eigenvalue weighted by atomic mass is 31.2. The Labute approximate surface area is 112 Å². The molecule has 0 atom stereocenters. The van der Waals surface area contributed by atoms with E-state index in [0.29, 0.717) is 6.42 Å². The molecule has 0 amide bonds. The van der Waals surface area contributed by atoms with Crippen molar-refractivity contribution in [3.63, 3.8) is 0 Å². The Bertz CT molecular complexity index is 203. The van der Waals surface area contributed by atoms with Crippen LogP contribution >= 0.6 is 7.60 Å². The van der Waals surface area contributed by atoms with Crippen molar-refractivity contribution in [1.82, 2.24) is 0 Å². The zero-order chi connectivity index (χ0) is 13.0. The fourth-order valence-corrected chi connectivity index (χ4v) is 2.62. The highest BCUT2D eigenvalue weighted by Crippen LogP contribution is 2.35. The lowest BCUT2D eigenvalue weighted by molar-refractivity contribution is 0.370. The third kappa shape index (κ3) is 18.5. The van der Waals surface area contributed by atoms with E-state index < -0.39 is 7.60 Å². The monoisotopic (exact) mass is 282 g/mol. The van der Waals surface area contributed by atoms with E-state index in [9.17, 15) is 4.57 Å². The first-order valence-corrected chi connectivity index (χ1v) is 8.90. The zero-order valence-electron chi connectivity index (χ0n) is 11.7. The van der Waals surface area contributed by atoms with Gasteiger partial charge in [-0.1, -0.05) is 71.1 Å². The Morgan fingerprint density at radius 1 is 0.722 bits per heavy atom. The first kappa shape index (κ1) is 20.4. The molecule has 0 rings (SSSR count). The standard InChI is InChI=1S/C13H29O3P.H2O/c1-2-3-4-5-6-7-8-9-10-11-12-13-17(14,15)16;/h2-13H2,1H3,(H2,14,15,16);1H2. The summed E-state index contributed by atoms with van der Waals surface area (Å²) in [7, 11) is -3.74. The summed E-state index contributed by atoms with van der Waals surface area (Å²) in [5.74, 6) is 0. The van der Waals surface area contributed by atoms with Crippen LogP contribution < -0.4 is 0 Å². The molecule has 0 radical (unpaired) electrons. The molecule has 0 aromatic carbocycles. The molecule has 4 nitrogen and oxygen atoms in total. The van der Waals surface area contributed by atoms with Crippen molar-refractivity contribution in [3.05, 3.63) is 0 Å². The second-order valence-corrected chi connectivity index (χ2v) is 6.70. The highest BCUT2D eigenvalue weighted by molar-refractivity contribution is 7.51. The second kappa shape index (κ2) is 13.5. The van der Waals surface area contributed by atoms with Gasteiger partial charge in [0.05, 0.1) is 0 Å². The lowest BCUT2D eigenvalue weighted by Crippen LogP contribution is -1.88. The molecular weight excluding hydrogens is 251 g/mol. The van der Waals surface area contributed by atoms with Gasteiger partial charge in [-0.05, 0) is 6.42 Å². The van der Waals surface area contributed by atoms with Crippen molar-refractivity contribution in [2.24, 2.45) is 0 Å². The van der Waals surface area contributed by atoms with Crippen LogP contribution in [0.3, 0.4) is 0 Å². The number of unbranched alkanes of at least 4 members (excludes halogenated alkanes) is 10. The van der Waals surface area contributed by atoms with Gasteiger partial charge in [-0.25, -0.2) is 0 Å². The molecule has 0 aromatic heterocycles. The van der Waals surface area contributed by atoms with Gasteiger partial charge in [-0.3, -0.25) is 4.57 Å². The van der Waals surface area contributed by atoms with Gasteiger partial charge in [0.2, 0.25) is 0 Å². The Hall–Kier alpha value is 0.110. The average molecular weight is 282 g/mol. The Balaban J connectivity index is 0. The van der Waals surface area contributed by atoms with Crippen LogP contribution in [-0.2, 0) is 4.57 Å². The molecular formula is C13H31O4P. The van der Waals surface area contributed by atoms with E-state index in [4.69, 9.17) is 9.79 Å². The fourth-order valence-electron chi connectivity index (χ4n) is 1.98. The van der Waals surface area contributed by atoms with Gasteiger partial charge >= 0.3 is 7.60 Å². The van der Waals surface area contributed by atoms with Crippen LogP contribution in [0.2, 0.25) is 0 Å². The molecule has 5 heteroatoms. The van der Waals surface area contributed by atoms with Gasteiger partial charge in [0, 0.05) is 6.16 Å². The molecule has 0 aromatic rings. The predicted octanol–water partition coefficient (Wildman–Crippen LogP) is 3.65. The normalized spacial score (nSPS) is 11.3. The van der Waals surface area contributed by atoms with Gasteiger partial charge in [0.15, 0.2) is 0 Å². The largest absolute Gasteiger partial charge is 0.412 e. The smallest absolute Gasteiger partial charge is 0.325 e. The molecule has 112 valence electrons. The summed E-state index contributed by atoms with van der Waals surface area (Å²) in [5, 5.41) is 0. The molecule has 0 spiro atoms. The molecule has 0 fully saturated rings. The maximum atomic E-state index is 10.6. The fraction of sp³-hybridized carbons (Fsp3) is 1.00. The molecule has 0 heterocycles. The van der Waals surface area contributed by atoms with E-state index >= 15 is 0 Å². The van der Waals surface area contributed by atoms with E-state index in [-0.39, 0.29) is 11.6 Å². The van der Waals surface area contributed by atoms with E-state index in [1.165, 1.54) is 51.4 Å². The maximum Gasteiger partial charge on any atom is 0.325 e. The van der Waals surface area contributed by atoms with Crippen molar-refractivity contribution in [3.8, 4) is 0 Å². The third-order valence-corrected chi connectivity index (χ3v) is 3.95. The summed E-state index contributed by atoms with van der Waals surface area (Å²) in [6.07, 6.45) is 13.4. The second-order valence-electron chi connectivity index (χ2n) is 4.92. The van der Waals surface area contributed by atoms with Crippen molar-refractivity contribution >= 4 is 7.60 Å². The van der Waals surface area contributed by atoms with Crippen molar-refractivity contribution in [1.29, 1.82) is 0 Å². The lowest BCUT2D eigenvalue weighted by atomic mass is 10.1. The van der Waals surface area contributed by atoms with Gasteiger partial charge in [-0.2, -0.15) is 0 Å². The maximum absolute atomic E-state index is 10.6. The summed E-state index contributed by atoms with van der Waals surface area (Å²) in [6.45, 7) is 2.23. The first-order valence-electron chi connectivity index (χ1n) is 7.11. The molecule has 0 aliphatic heterocycles. The number of hydrogen-bond donors (Lipinski definition) is 2. The van der Waals surface area contributed by atoms with Crippen LogP contribution in [0.1, 0.15) is 77.6 Å².